The van der Waals surface area contributed by atoms with Crippen molar-refractivity contribution in [2.75, 3.05) is 6.61 Å². The zero-order valence-electron chi connectivity index (χ0n) is 12.2. The number of amides is 1. The van der Waals surface area contributed by atoms with E-state index in [-0.39, 0.29) is 31.1 Å². The summed E-state index contributed by atoms with van der Waals surface area (Å²) < 4.78 is 4.97. The van der Waals surface area contributed by atoms with Crippen LogP contribution in [0.25, 0.3) is 0 Å². The number of carbonyl (C=O) groups is 3. The van der Waals surface area contributed by atoms with Gasteiger partial charge in [0.1, 0.15) is 12.4 Å². The van der Waals surface area contributed by atoms with Crippen LogP contribution in [0.15, 0.2) is 12.2 Å². The van der Waals surface area contributed by atoms with Crippen molar-refractivity contribution in [3.8, 4) is 0 Å². The first kappa shape index (κ1) is 18.3. The zero-order chi connectivity index (χ0) is 15.5. The van der Waals surface area contributed by atoms with E-state index in [4.69, 9.17) is 4.74 Å². The van der Waals surface area contributed by atoms with Gasteiger partial charge >= 0.3 is 5.97 Å². The van der Waals surface area contributed by atoms with Crippen molar-refractivity contribution in [1.82, 2.24) is 5.32 Å². The van der Waals surface area contributed by atoms with E-state index in [1.165, 1.54) is 13.0 Å². The van der Waals surface area contributed by atoms with Crippen LogP contribution in [0.1, 0.15) is 40.0 Å². The first-order valence-corrected chi connectivity index (χ1v) is 6.66. The minimum atomic E-state index is -0.936. The summed E-state index contributed by atoms with van der Waals surface area (Å²) in [4.78, 5) is 33.6. The fourth-order valence-electron chi connectivity index (χ4n) is 1.49. The van der Waals surface area contributed by atoms with Gasteiger partial charge in [0.15, 0.2) is 0 Å². The Kier molecular flexibility index (Phi) is 9.28. The number of carbonyl (C=O) groups excluding carboxylic acids is 3. The molecule has 0 heterocycles. The topological polar surface area (TPSA) is 92.7 Å². The number of aliphatic hydroxyl groups excluding tert-OH is 1. The SMILES string of the molecule is C/C=C/C(O)C(COC(=O)CCC(=O)CC)NC(C)=O. The van der Waals surface area contributed by atoms with Gasteiger partial charge in [0, 0.05) is 19.8 Å². The average Bonchev–Trinajstić information content (AvgIpc) is 2.40. The summed E-state index contributed by atoms with van der Waals surface area (Å²) in [6, 6.07) is -0.700. The third kappa shape index (κ3) is 8.42. The highest BCUT2D eigenvalue weighted by atomic mass is 16.5. The first-order valence-electron chi connectivity index (χ1n) is 6.66. The fraction of sp³-hybridized carbons (Fsp3) is 0.643. The number of nitrogens with one attached hydrogen (secondary N) is 1. The second-order valence-electron chi connectivity index (χ2n) is 4.40. The highest BCUT2D eigenvalue weighted by molar-refractivity contribution is 5.82. The van der Waals surface area contributed by atoms with E-state index in [1.54, 1.807) is 19.9 Å². The molecule has 0 saturated carbocycles. The van der Waals surface area contributed by atoms with Crippen LogP contribution in [-0.4, -0.2) is 41.5 Å². The van der Waals surface area contributed by atoms with Gasteiger partial charge in [0.05, 0.1) is 18.6 Å². The standard InChI is InChI=1S/C14H23NO5/c1-4-6-13(18)12(15-10(3)16)9-20-14(19)8-7-11(17)5-2/h4,6,12-13,18H,5,7-9H2,1-3H3,(H,15,16)/b6-4+. The van der Waals surface area contributed by atoms with Crippen molar-refractivity contribution < 1.29 is 24.2 Å². The molecular formula is C14H23NO5. The Hall–Kier alpha value is -1.69. The molecule has 6 heteroatoms. The summed E-state index contributed by atoms with van der Waals surface area (Å²) in [6.45, 7) is 4.64. The Morgan fingerprint density at radius 1 is 1.30 bits per heavy atom. The molecule has 0 aliphatic carbocycles. The molecule has 1 amide bonds. The van der Waals surface area contributed by atoms with E-state index in [2.05, 4.69) is 5.32 Å². The van der Waals surface area contributed by atoms with Crippen molar-refractivity contribution >= 4 is 17.7 Å². The number of allylic oxidation sites excluding steroid dienone is 1. The lowest BCUT2D eigenvalue weighted by molar-refractivity contribution is -0.146. The van der Waals surface area contributed by atoms with Gasteiger partial charge in [0.25, 0.3) is 0 Å². The maximum atomic E-state index is 11.4. The summed E-state index contributed by atoms with van der Waals surface area (Å²) in [5, 5.41) is 12.3. The molecule has 0 bridgehead atoms. The molecule has 0 aliphatic rings. The summed E-state index contributed by atoms with van der Waals surface area (Å²) in [6.07, 6.45) is 2.75. The number of ketones is 1. The van der Waals surface area contributed by atoms with Crippen LogP contribution in [-0.2, 0) is 19.1 Å². The molecule has 0 spiro atoms. The molecule has 0 aromatic heterocycles. The maximum absolute atomic E-state index is 11.4. The molecule has 6 nitrogen and oxygen atoms in total. The minimum Gasteiger partial charge on any atom is -0.463 e. The second-order valence-corrected chi connectivity index (χ2v) is 4.40. The fourth-order valence-corrected chi connectivity index (χ4v) is 1.49. The first-order chi connectivity index (χ1) is 9.40. The molecule has 0 saturated heterocycles. The molecule has 0 fully saturated rings. The molecule has 2 N–H and O–H groups in total. The van der Waals surface area contributed by atoms with Crippen molar-refractivity contribution in [1.29, 1.82) is 0 Å². The Labute approximate surface area is 119 Å². The number of rotatable bonds is 9. The van der Waals surface area contributed by atoms with Crippen molar-refractivity contribution in [3.63, 3.8) is 0 Å². The molecule has 2 atom stereocenters. The van der Waals surface area contributed by atoms with Crippen LogP contribution in [0.5, 0.6) is 0 Å². The van der Waals surface area contributed by atoms with Gasteiger partial charge in [0.2, 0.25) is 5.91 Å². The number of esters is 1. The highest BCUT2D eigenvalue weighted by Gasteiger charge is 2.19. The average molecular weight is 285 g/mol. The molecule has 114 valence electrons. The van der Waals surface area contributed by atoms with Gasteiger partial charge in [-0.05, 0) is 6.92 Å². The van der Waals surface area contributed by atoms with Gasteiger partial charge in [-0.1, -0.05) is 19.1 Å². The van der Waals surface area contributed by atoms with Crippen LogP contribution in [0.2, 0.25) is 0 Å². The van der Waals surface area contributed by atoms with Crippen LogP contribution < -0.4 is 5.32 Å². The molecule has 0 rings (SSSR count). The lowest BCUT2D eigenvalue weighted by atomic mass is 10.1. The number of Topliss-reactive ketones (excluding diaryl/α,β-unsaturated/α-hetero) is 1. The van der Waals surface area contributed by atoms with Crippen molar-refractivity contribution in [2.45, 2.75) is 52.2 Å². The monoisotopic (exact) mass is 285 g/mol. The Bertz CT molecular complexity index is 365. The lowest BCUT2D eigenvalue weighted by Gasteiger charge is -2.21. The maximum Gasteiger partial charge on any atom is 0.306 e. The van der Waals surface area contributed by atoms with Crippen LogP contribution >= 0.6 is 0 Å². The largest absolute Gasteiger partial charge is 0.463 e. The van der Waals surface area contributed by atoms with E-state index in [0.717, 1.165) is 0 Å². The highest BCUT2D eigenvalue weighted by Crippen LogP contribution is 2.01. The molecule has 0 aliphatic heterocycles. The predicted molar refractivity (Wildman–Crippen MR) is 73.9 cm³/mol. The van der Waals surface area contributed by atoms with Gasteiger partial charge in [-0.3, -0.25) is 14.4 Å². The summed E-state index contributed by atoms with van der Waals surface area (Å²) in [7, 11) is 0. The molecule has 0 aromatic carbocycles. The third-order valence-corrected chi connectivity index (χ3v) is 2.62. The van der Waals surface area contributed by atoms with Gasteiger partial charge in [-0.15, -0.1) is 0 Å². The molecule has 0 aromatic rings. The number of ether oxygens (including phenoxy) is 1. The van der Waals surface area contributed by atoms with Crippen LogP contribution in [0.3, 0.4) is 0 Å². The predicted octanol–water partition coefficient (Wildman–Crippen LogP) is 0.731. The lowest BCUT2D eigenvalue weighted by Crippen LogP contribution is -2.45. The van der Waals surface area contributed by atoms with Crippen LogP contribution in [0, 0.1) is 0 Å². The molecule has 20 heavy (non-hydrogen) atoms. The Balaban J connectivity index is 4.27. The van der Waals surface area contributed by atoms with Crippen molar-refractivity contribution in [3.05, 3.63) is 12.2 Å². The zero-order valence-corrected chi connectivity index (χ0v) is 12.2. The third-order valence-electron chi connectivity index (χ3n) is 2.62. The van der Waals surface area contributed by atoms with E-state index < -0.39 is 18.1 Å². The smallest absolute Gasteiger partial charge is 0.306 e. The van der Waals surface area contributed by atoms with E-state index in [1.807, 2.05) is 0 Å². The summed E-state index contributed by atoms with van der Waals surface area (Å²) in [5.74, 6) is -0.847. The van der Waals surface area contributed by atoms with Crippen molar-refractivity contribution in [2.24, 2.45) is 0 Å². The normalized spacial score (nSPS) is 13.8. The quantitative estimate of drug-likeness (QED) is 0.481. The van der Waals surface area contributed by atoms with Gasteiger partial charge in [-0.2, -0.15) is 0 Å². The van der Waals surface area contributed by atoms with Crippen LogP contribution in [0.4, 0.5) is 0 Å². The van der Waals surface area contributed by atoms with Gasteiger partial charge < -0.3 is 15.2 Å². The second kappa shape index (κ2) is 10.1. The summed E-state index contributed by atoms with van der Waals surface area (Å²) in [5.41, 5.74) is 0. The van der Waals surface area contributed by atoms with E-state index in [0.29, 0.717) is 6.42 Å². The number of hydrogen-bond acceptors (Lipinski definition) is 5. The van der Waals surface area contributed by atoms with Gasteiger partial charge in [-0.25, -0.2) is 0 Å². The Morgan fingerprint density at radius 3 is 2.45 bits per heavy atom. The molecule has 0 radical (unpaired) electrons. The number of aliphatic hydroxyl groups is 1. The number of hydrogen-bond donors (Lipinski definition) is 2. The van der Waals surface area contributed by atoms with E-state index in [9.17, 15) is 19.5 Å². The minimum absolute atomic E-state index is 0.00527. The summed E-state index contributed by atoms with van der Waals surface area (Å²) >= 11 is 0. The Morgan fingerprint density at radius 2 is 1.95 bits per heavy atom. The molecule has 2 unspecified atom stereocenters. The van der Waals surface area contributed by atoms with E-state index >= 15 is 0 Å². The molecular weight excluding hydrogens is 262 g/mol.